The van der Waals surface area contributed by atoms with Gasteiger partial charge in [0.05, 0.1) is 0 Å². The summed E-state index contributed by atoms with van der Waals surface area (Å²) in [6, 6.07) is 5.11. The minimum atomic E-state index is -0.979. The Kier molecular flexibility index (Phi) is 1.38. The van der Waals surface area contributed by atoms with E-state index in [2.05, 4.69) is 0 Å². The Morgan fingerprint density at radius 2 is 2.20 bits per heavy atom. The number of hydrogen-bond acceptors (Lipinski definition) is 3. The Labute approximate surface area is 69.2 Å². The molecule has 0 amide bonds. The van der Waals surface area contributed by atoms with Gasteiger partial charge in [-0.2, -0.15) is 0 Å². The van der Waals surface area contributed by atoms with Gasteiger partial charge in [-0.05, 0) is 0 Å². The van der Waals surface area contributed by atoms with Crippen molar-refractivity contribution in [2.75, 3.05) is 0 Å². The fraction of sp³-hybridized carbons (Fsp3) is 0. The molecular formula is C6H4O3Sb. The molecule has 1 aliphatic rings. The number of phenols is 1. The van der Waals surface area contributed by atoms with Crippen molar-refractivity contribution in [3.8, 4) is 17.2 Å². The summed E-state index contributed by atoms with van der Waals surface area (Å²) >= 11 is -0.979. The summed E-state index contributed by atoms with van der Waals surface area (Å²) in [6.45, 7) is 0. The van der Waals surface area contributed by atoms with Gasteiger partial charge in [-0.15, -0.1) is 0 Å². The van der Waals surface area contributed by atoms with Crippen molar-refractivity contribution in [1.29, 1.82) is 0 Å². The number of rotatable bonds is 0. The predicted octanol–water partition coefficient (Wildman–Crippen LogP) is 0.698. The summed E-state index contributed by atoms with van der Waals surface area (Å²) in [5.74, 6) is 1.36. The maximum atomic E-state index is 9.15. The van der Waals surface area contributed by atoms with Gasteiger partial charge in [0.1, 0.15) is 0 Å². The van der Waals surface area contributed by atoms with Gasteiger partial charge in [0.25, 0.3) is 0 Å². The maximum absolute atomic E-state index is 9.15. The van der Waals surface area contributed by atoms with E-state index in [4.69, 9.17) is 11.1 Å². The van der Waals surface area contributed by atoms with E-state index >= 15 is 0 Å². The first-order valence-corrected chi connectivity index (χ1v) is 4.83. The number of fused-ring (bicyclic) bond motifs is 1. The van der Waals surface area contributed by atoms with Crippen LogP contribution in [0.5, 0.6) is 17.2 Å². The third-order valence-corrected chi connectivity index (χ3v) is 2.73. The Morgan fingerprint density at radius 1 is 1.30 bits per heavy atom. The van der Waals surface area contributed by atoms with Crippen molar-refractivity contribution < 1.29 is 11.1 Å². The van der Waals surface area contributed by atoms with Crippen LogP contribution in [0.4, 0.5) is 0 Å². The van der Waals surface area contributed by atoms with Gasteiger partial charge < -0.3 is 0 Å². The Balaban J connectivity index is 2.59. The summed E-state index contributed by atoms with van der Waals surface area (Å²) < 4.78 is 10.3. The van der Waals surface area contributed by atoms with Crippen LogP contribution in [0.1, 0.15) is 0 Å². The van der Waals surface area contributed by atoms with E-state index in [-0.39, 0.29) is 5.75 Å². The zero-order chi connectivity index (χ0) is 6.97. The average molecular weight is 246 g/mol. The molecule has 0 saturated heterocycles. The summed E-state index contributed by atoms with van der Waals surface area (Å²) in [7, 11) is 0. The van der Waals surface area contributed by atoms with Crippen LogP contribution < -0.4 is 6.03 Å². The van der Waals surface area contributed by atoms with E-state index in [0.29, 0.717) is 11.5 Å². The zero-order valence-corrected chi connectivity index (χ0v) is 7.50. The zero-order valence-electron chi connectivity index (χ0n) is 4.94. The summed E-state index contributed by atoms with van der Waals surface area (Å²) in [6.07, 6.45) is 0. The molecule has 4 heteroatoms. The molecule has 3 nitrogen and oxygen atoms in total. The molecule has 0 unspecified atom stereocenters. The van der Waals surface area contributed by atoms with E-state index in [1.165, 1.54) is 0 Å². The monoisotopic (exact) mass is 245 g/mol. The summed E-state index contributed by atoms with van der Waals surface area (Å²) in [5.41, 5.74) is 0. The molecule has 1 radical (unpaired) electrons. The van der Waals surface area contributed by atoms with Gasteiger partial charge in [0, 0.05) is 0 Å². The van der Waals surface area contributed by atoms with Gasteiger partial charge in [-0.1, -0.05) is 0 Å². The second kappa shape index (κ2) is 2.24. The van der Waals surface area contributed by atoms with Crippen molar-refractivity contribution in [3.05, 3.63) is 18.2 Å². The molecule has 1 aromatic rings. The van der Waals surface area contributed by atoms with Crippen molar-refractivity contribution >= 4 is 22.5 Å². The van der Waals surface area contributed by atoms with Crippen LogP contribution in [0.25, 0.3) is 0 Å². The third-order valence-electron chi connectivity index (χ3n) is 1.22. The molecule has 0 spiro atoms. The molecule has 0 bridgehead atoms. The first kappa shape index (κ1) is 6.17. The SMILES string of the molecule is Oc1cccc2c1[O][Sb][O]2. The van der Waals surface area contributed by atoms with Crippen LogP contribution in [-0.4, -0.2) is 27.6 Å². The quantitative estimate of drug-likeness (QED) is 0.684. The fourth-order valence-electron chi connectivity index (χ4n) is 0.764. The van der Waals surface area contributed by atoms with Gasteiger partial charge in [-0.25, -0.2) is 0 Å². The van der Waals surface area contributed by atoms with Gasteiger partial charge in [0.15, 0.2) is 0 Å². The van der Waals surface area contributed by atoms with E-state index < -0.39 is 22.5 Å². The first-order valence-electron chi connectivity index (χ1n) is 2.74. The molecular weight excluding hydrogens is 242 g/mol. The van der Waals surface area contributed by atoms with Crippen LogP contribution in [0.2, 0.25) is 0 Å². The molecule has 0 aliphatic carbocycles. The van der Waals surface area contributed by atoms with E-state index in [1.54, 1.807) is 18.2 Å². The molecule has 0 fully saturated rings. The third kappa shape index (κ3) is 0.816. The molecule has 0 aromatic heterocycles. The van der Waals surface area contributed by atoms with E-state index in [9.17, 15) is 0 Å². The molecule has 0 atom stereocenters. The molecule has 1 heterocycles. The van der Waals surface area contributed by atoms with E-state index in [0.717, 1.165) is 0 Å². The first-order chi connectivity index (χ1) is 4.88. The van der Waals surface area contributed by atoms with Crippen molar-refractivity contribution in [1.82, 2.24) is 0 Å². The normalized spacial score (nSPS) is 13.6. The molecule has 51 valence electrons. The summed E-state index contributed by atoms with van der Waals surface area (Å²) in [5, 5.41) is 9.15. The standard InChI is InChI=1S/C6H6O3.Sb/c7-4-2-1-3-5(8)6(4)9;/h1-3,7-9H;/q;+2/p-2. The Morgan fingerprint density at radius 3 is 3.00 bits per heavy atom. The van der Waals surface area contributed by atoms with Gasteiger partial charge in [0.2, 0.25) is 0 Å². The molecule has 0 saturated carbocycles. The number of para-hydroxylation sites is 1. The Hall–Kier alpha value is -0.562. The topological polar surface area (TPSA) is 38.7 Å². The van der Waals surface area contributed by atoms with Crippen LogP contribution in [0.3, 0.4) is 0 Å². The van der Waals surface area contributed by atoms with Crippen molar-refractivity contribution in [2.24, 2.45) is 0 Å². The second-order valence-electron chi connectivity index (χ2n) is 1.86. The van der Waals surface area contributed by atoms with Crippen LogP contribution in [0.15, 0.2) is 18.2 Å². The number of hydrogen-bond donors (Lipinski definition) is 1. The van der Waals surface area contributed by atoms with Crippen LogP contribution in [0, 0.1) is 0 Å². The van der Waals surface area contributed by atoms with Crippen LogP contribution in [-0.2, 0) is 0 Å². The Bertz CT molecular complexity index is 261. The van der Waals surface area contributed by atoms with Crippen molar-refractivity contribution in [2.45, 2.75) is 0 Å². The minimum absolute atomic E-state index is 0.172. The van der Waals surface area contributed by atoms with Gasteiger partial charge >= 0.3 is 69.0 Å². The predicted molar refractivity (Wildman–Crippen MR) is 35.1 cm³/mol. The second-order valence-corrected chi connectivity index (χ2v) is 3.33. The summed E-state index contributed by atoms with van der Waals surface area (Å²) in [4.78, 5) is 0. The van der Waals surface area contributed by atoms with Gasteiger partial charge in [-0.3, -0.25) is 0 Å². The molecule has 10 heavy (non-hydrogen) atoms. The molecule has 1 N–H and O–H groups in total. The number of aromatic hydroxyl groups is 1. The number of benzene rings is 1. The average Bonchev–Trinajstić information content (AvgIpc) is 2.36. The fourth-order valence-corrected chi connectivity index (χ4v) is 2.25. The number of phenolic OH excluding ortho intramolecular Hbond substituents is 1. The van der Waals surface area contributed by atoms with Crippen molar-refractivity contribution in [3.63, 3.8) is 0 Å². The van der Waals surface area contributed by atoms with Crippen LogP contribution >= 0.6 is 0 Å². The molecule has 1 aromatic carbocycles. The molecule has 1 aliphatic heterocycles. The molecule has 2 rings (SSSR count). The van der Waals surface area contributed by atoms with E-state index in [1.807, 2.05) is 0 Å².